The van der Waals surface area contributed by atoms with Gasteiger partial charge in [-0.3, -0.25) is 0 Å². The van der Waals surface area contributed by atoms with Crippen LogP contribution in [0.2, 0.25) is 0 Å². The first-order valence-electron chi connectivity index (χ1n) is 13.5. The van der Waals surface area contributed by atoms with E-state index in [0.29, 0.717) is 0 Å². The molecule has 3 rings (SSSR count). The van der Waals surface area contributed by atoms with Gasteiger partial charge in [-0.2, -0.15) is 0 Å². The van der Waals surface area contributed by atoms with Gasteiger partial charge in [0.2, 0.25) is 0 Å². The second-order valence-electron chi connectivity index (χ2n) is 9.63. The highest BCUT2D eigenvalue weighted by Crippen LogP contribution is 2.44. The van der Waals surface area contributed by atoms with Crippen LogP contribution in [0.25, 0.3) is 0 Å². The number of hydrogen-bond acceptors (Lipinski definition) is 2. The molecular weight excluding hydrogens is 406 g/mol. The summed E-state index contributed by atoms with van der Waals surface area (Å²) < 4.78 is 0. The van der Waals surface area contributed by atoms with E-state index >= 15 is 0 Å². The van der Waals surface area contributed by atoms with Gasteiger partial charge in [0, 0.05) is 9.79 Å². The first-order chi connectivity index (χ1) is 15.8. The molecule has 176 valence electrons. The van der Waals surface area contributed by atoms with Gasteiger partial charge in [-0.25, -0.2) is 0 Å². The molecule has 1 aliphatic heterocycles. The lowest BCUT2D eigenvalue weighted by Gasteiger charge is -2.22. The minimum absolute atomic E-state index is 1.21. The van der Waals surface area contributed by atoms with Gasteiger partial charge in [0.1, 0.15) is 0 Å². The molecule has 0 aromatic heterocycles. The summed E-state index contributed by atoms with van der Waals surface area (Å²) in [6.07, 6.45) is 21.7. The van der Waals surface area contributed by atoms with Crippen LogP contribution >= 0.6 is 11.8 Å². The van der Waals surface area contributed by atoms with E-state index in [1.165, 1.54) is 135 Å². The molecule has 1 aliphatic rings. The van der Waals surface area contributed by atoms with Crippen molar-refractivity contribution in [3.8, 4) is 0 Å². The van der Waals surface area contributed by atoms with Crippen LogP contribution < -0.4 is 5.32 Å². The van der Waals surface area contributed by atoms with E-state index in [1.54, 1.807) is 0 Å². The summed E-state index contributed by atoms with van der Waals surface area (Å²) in [6, 6.07) is 14.1. The van der Waals surface area contributed by atoms with Crippen molar-refractivity contribution in [1.29, 1.82) is 0 Å². The molecule has 0 aliphatic carbocycles. The van der Waals surface area contributed by atoms with Crippen LogP contribution in [0.3, 0.4) is 0 Å². The average Bonchev–Trinajstić information content (AvgIpc) is 2.81. The van der Waals surface area contributed by atoms with Crippen LogP contribution in [0.4, 0.5) is 11.4 Å². The lowest BCUT2D eigenvalue weighted by molar-refractivity contribution is 0.589. The van der Waals surface area contributed by atoms with Gasteiger partial charge in [0.05, 0.1) is 11.4 Å². The van der Waals surface area contributed by atoms with E-state index in [9.17, 15) is 0 Å². The Kier molecular flexibility index (Phi) is 11.6. The van der Waals surface area contributed by atoms with E-state index in [4.69, 9.17) is 0 Å². The summed E-state index contributed by atoms with van der Waals surface area (Å²) >= 11 is 1.92. The lowest BCUT2D eigenvalue weighted by atomic mass is 10.0. The molecular formula is C30H45NS. The summed E-state index contributed by atoms with van der Waals surface area (Å²) in [6.45, 7) is 4.58. The van der Waals surface area contributed by atoms with Crippen molar-refractivity contribution in [2.24, 2.45) is 0 Å². The minimum Gasteiger partial charge on any atom is -0.354 e. The van der Waals surface area contributed by atoms with Crippen molar-refractivity contribution >= 4 is 23.1 Å². The van der Waals surface area contributed by atoms with Gasteiger partial charge < -0.3 is 5.32 Å². The molecule has 2 heteroatoms. The molecule has 2 aromatic rings. The maximum absolute atomic E-state index is 3.75. The maximum atomic E-state index is 3.75. The van der Waals surface area contributed by atoms with Gasteiger partial charge >= 0.3 is 0 Å². The quantitative estimate of drug-likeness (QED) is 0.217. The van der Waals surface area contributed by atoms with Crippen molar-refractivity contribution in [3.05, 3.63) is 47.5 Å². The summed E-state index contributed by atoms with van der Waals surface area (Å²) in [7, 11) is 0. The zero-order valence-corrected chi connectivity index (χ0v) is 21.5. The third-order valence-electron chi connectivity index (χ3n) is 6.72. The Labute approximate surface area is 202 Å². The number of hydrogen-bond donors (Lipinski definition) is 1. The molecule has 1 heterocycles. The van der Waals surface area contributed by atoms with Crippen LogP contribution in [0.1, 0.15) is 115 Å². The van der Waals surface area contributed by atoms with Crippen molar-refractivity contribution in [1.82, 2.24) is 0 Å². The monoisotopic (exact) mass is 451 g/mol. The Balaban J connectivity index is 1.44. The molecule has 0 saturated heterocycles. The van der Waals surface area contributed by atoms with Crippen molar-refractivity contribution < 1.29 is 0 Å². The summed E-state index contributed by atoms with van der Waals surface area (Å²) in [5.41, 5.74) is 5.56. The highest BCUT2D eigenvalue weighted by molar-refractivity contribution is 7.99. The average molecular weight is 452 g/mol. The fourth-order valence-electron chi connectivity index (χ4n) is 4.67. The Morgan fingerprint density at radius 2 is 0.938 bits per heavy atom. The fourth-order valence-corrected chi connectivity index (χ4v) is 5.62. The third kappa shape index (κ3) is 8.50. The van der Waals surface area contributed by atoms with E-state index in [-0.39, 0.29) is 0 Å². The molecule has 0 saturated carbocycles. The highest BCUT2D eigenvalue weighted by Gasteiger charge is 2.16. The van der Waals surface area contributed by atoms with Gasteiger partial charge in [0.15, 0.2) is 0 Å². The number of anilines is 2. The van der Waals surface area contributed by atoms with E-state index in [2.05, 4.69) is 55.6 Å². The molecule has 1 nitrogen and oxygen atoms in total. The van der Waals surface area contributed by atoms with Crippen LogP contribution in [-0.4, -0.2) is 0 Å². The molecule has 1 N–H and O–H groups in total. The number of unbranched alkanes of at least 4 members (excludes halogenated alkanes) is 12. The topological polar surface area (TPSA) is 12.0 Å². The Morgan fingerprint density at radius 1 is 0.531 bits per heavy atom. The number of rotatable bonds is 16. The Morgan fingerprint density at radius 3 is 1.38 bits per heavy atom. The molecule has 0 atom stereocenters. The smallest absolute Gasteiger partial charge is 0.0529 e. The fraction of sp³-hybridized carbons (Fsp3) is 0.600. The van der Waals surface area contributed by atoms with Crippen LogP contribution in [0, 0.1) is 0 Å². The van der Waals surface area contributed by atoms with E-state index in [0.717, 1.165) is 0 Å². The first-order valence-corrected chi connectivity index (χ1v) is 14.3. The van der Waals surface area contributed by atoms with Gasteiger partial charge in [-0.1, -0.05) is 115 Å². The number of fused-ring (bicyclic) bond motifs is 2. The second kappa shape index (κ2) is 14.7. The minimum atomic E-state index is 1.21. The Bertz CT molecular complexity index is 732. The zero-order valence-electron chi connectivity index (χ0n) is 20.7. The van der Waals surface area contributed by atoms with Crippen molar-refractivity contribution in [2.45, 2.75) is 126 Å². The molecule has 0 bridgehead atoms. The van der Waals surface area contributed by atoms with E-state index in [1.807, 2.05) is 11.8 Å². The first kappa shape index (κ1) is 25.2. The number of benzene rings is 2. The van der Waals surface area contributed by atoms with Gasteiger partial charge in [-0.15, -0.1) is 0 Å². The molecule has 0 fully saturated rings. The molecule has 0 radical (unpaired) electrons. The Hall–Kier alpha value is -1.41. The van der Waals surface area contributed by atoms with Crippen LogP contribution in [-0.2, 0) is 12.8 Å². The molecule has 0 amide bonds. The maximum Gasteiger partial charge on any atom is 0.0529 e. The predicted octanol–water partition coefficient (Wildman–Crippen LogP) is 10.5. The van der Waals surface area contributed by atoms with Gasteiger partial charge in [0.25, 0.3) is 0 Å². The lowest BCUT2D eigenvalue weighted by Crippen LogP contribution is -2.02. The molecule has 0 spiro atoms. The standard InChI is InChI=1S/C30H45NS/c1-3-5-7-9-11-13-15-17-25-19-21-29-27(23-25)31-28-24-26(20-22-30(28)32-29)18-16-14-12-10-8-6-4-2/h19-24,31H,3-18H2,1-2H3. The molecule has 2 aromatic carbocycles. The highest BCUT2D eigenvalue weighted by atomic mass is 32.2. The van der Waals surface area contributed by atoms with Gasteiger partial charge in [-0.05, 0) is 61.1 Å². The summed E-state index contributed by atoms with van der Waals surface area (Å²) in [5.74, 6) is 0. The van der Waals surface area contributed by atoms with Crippen LogP contribution in [0.15, 0.2) is 46.2 Å². The summed E-state index contributed by atoms with van der Waals surface area (Å²) in [5, 5.41) is 3.75. The normalized spacial score (nSPS) is 12.3. The van der Waals surface area contributed by atoms with Crippen molar-refractivity contribution in [2.75, 3.05) is 5.32 Å². The SMILES string of the molecule is CCCCCCCCCc1ccc2c(c1)Nc1cc(CCCCCCCCC)ccc1S2. The van der Waals surface area contributed by atoms with Crippen molar-refractivity contribution in [3.63, 3.8) is 0 Å². The molecule has 32 heavy (non-hydrogen) atoms. The molecule has 0 unspecified atom stereocenters. The number of nitrogens with one attached hydrogen (secondary N) is 1. The van der Waals surface area contributed by atoms with Crippen LogP contribution in [0.5, 0.6) is 0 Å². The zero-order chi connectivity index (χ0) is 22.4. The largest absolute Gasteiger partial charge is 0.354 e. The van der Waals surface area contributed by atoms with E-state index < -0.39 is 0 Å². The predicted molar refractivity (Wildman–Crippen MR) is 144 cm³/mol. The third-order valence-corrected chi connectivity index (χ3v) is 7.87. The second-order valence-corrected chi connectivity index (χ2v) is 10.7. The number of aryl methyl sites for hydroxylation is 2. The summed E-state index contributed by atoms with van der Waals surface area (Å²) in [4.78, 5) is 2.72.